The van der Waals surface area contributed by atoms with E-state index in [-0.39, 0.29) is 24.0 Å². The summed E-state index contributed by atoms with van der Waals surface area (Å²) < 4.78 is 5.64. The Balaban J connectivity index is 0.00000208. The number of aliphatic imine (C=N–C) groups is 1. The van der Waals surface area contributed by atoms with Crippen molar-refractivity contribution in [3.63, 3.8) is 0 Å². The molecule has 0 radical (unpaired) electrons. The molecule has 1 fully saturated rings. The van der Waals surface area contributed by atoms with Gasteiger partial charge in [-0.25, -0.2) is 4.99 Å². The molecule has 4 nitrogen and oxygen atoms in total. The van der Waals surface area contributed by atoms with Gasteiger partial charge >= 0.3 is 0 Å². The third-order valence-corrected chi connectivity index (χ3v) is 5.27. The highest BCUT2D eigenvalue weighted by atomic mass is 127. The van der Waals surface area contributed by atoms with Gasteiger partial charge in [-0.1, -0.05) is 18.2 Å². The minimum absolute atomic E-state index is 0. The zero-order valence-electron chi connectivity index (χ0n) is 13.8. The van der Waals surface area contributed by atoms with Crippen molar-refractivity contribution >= 4 is 41.7 Å². The Bertz CT molecular complexity index is 627. The SMILES string of the molecule is CCNC(=NCc1ccco1)NCC1(Sc2ccccc2)CC1.I. The Kier molecular flexibility index (Phi) is 7.48. The fourth-order valence-electron chi connectivity index (χ4n) is 2.34. The van der Waals surface area contributed by atoms with E-state index >= 15 is 0 Å². The minimum Gasteiger partial charge on any atom is -0.467 e. The first-order valence-corrected chi connectivity index (χ1v) is 8.90. The van der Waals surface area contributed by atoms with Crippen molar-refractivity contribution in [2.75, 3.05) is 13.1 Å². The Morgan fingerprint density at radius 2 is 1.96 bits per heavy atom. The van der Waals surface area contributed by atoms with Gasteiger partial charge in [-0.15, -0.1) is 35.7 Å². The first-order chi connectivity index (χ1) is 11.3. The van der Waals surface area contributed by atoms with Gasteiger partial charge in [0.25, 0.3) is 0 Å². The van der Waals surface area contributed by atoms with E-state index in [1.165, 1.54) is 17.7 Å². The lowest BCUT2D eigenvalue weighted by atomic mass is 10.4. The quantitative estimate of drug-likeness (QED) is 0.370. The van der Waals surface area contributed by atoms with Crippen LogP contribution in [0.4, 0.5) is 0 Å². The van der Waals surface area contributed by atoms with E-state index in [1.807, 2.05) is 23.9 Å². The highest BCUT2D eigenvalue weighted by Crippen LogP contribution is 2.51. The third kappa shape index (κ3) is 5.73. The van der Waals surface area contributed by atoms with Gasteiger partial charge in [0.2, 0.25) is 0 Å². The predicted octanol–water partition coefficient (Wildman–Crippen LogP) is 4.28. The number of guanidine groups is 1. The number of nitrogens with one attached hydrogen (secondary N) is 2. The second kappa shape index (κ2) is 9.36. The number of furan rings is 1. The maximum absolute atomic E-state index is 5.33. The summed E-state index contributed by atoms with van der Waals surface area (Å²) in [6.07, 6.45) is 4.18. The molecule has 0 bridgehead atoms. The van der Waals surface area contributed by atoms with E-state index in [1.54, 1.807) is 6.26 Å². The standard InChI is InChI=1S/C18H23N3OS.HI/c1-2-19-17(20-13-15-7-6-12-22-15)21-14-18(10-11-18)23-16-8-4-3-5-9-16;/h3-9,12H,2,10-11,13-14H2,1H3,(H2,19,20,21);1H. The van der Waals surface area contributed by atoms with Crippen LogP contribution < -0.4 is 10.6 Å². The molecule has 1 heterocycles. The number of thioether (sulfide) groups is 1. The van der Waals surface area contributed by atoms with Crippen LogP contribution in [-0.2, 0) is 6.54 Å². The third-order valence-electron chi connectivity index (χ3n) is 3.78. The maximum Gasteiger partial charge on any atom is 0.191 e. The van der Waals surface area contributed by atoms with E-state index in [9.17, 15) is 0 Å². The molecular weight excluding hydrogens is 433 g/mol. The van der Waals surface area contributed by atoms with Crippen LogP contribution >= 0.6 is 35.7 Å². The number of hydrogen-bond donors (Lipinski definition) is 2. The van der Waals surface area contributed by atoms with Gasteiger partial charge in [0.15, 0.2) is 5.96 Å². The van der Waals surface area contributed by atoms with Crippen molar-refractivity contribution in [3.8, 4) is 0 Å². The van der Waals surface area contributed by atoms with E-state index in [2.05, 4.69) is 52.9 Å². The topological polar surface area (TPSA) is 49.6 Å². The second-order valence-electron chi connectivity index (χ2n) is 5.73. The van der Waals surface area contributed by atoms with Crippen LogP contribution in [0.25, 0.3) is 0 Å². The highest BCUT2D eigenvalue weighted by Gasteiger charge is 2.43. The predicted molar refractivity (Wildman–Crippen MR) is 111 cm³/mol. The smallest absolute Gasteiger partial charge is 0.191 e. The van der Waals surface area contributed by atoms with Crippen molar-refractivity contribution in [1.29, 1.82) is 0 Å². The highest BCUT2D eigenvalue weighted by molar-refractivity contribution is 14.0. The van der Waals surface area contributed by atoms with Crippen LogP contribution in [0.1, 0.15) is 25.5 Å². The fraction of sp³-hybridized carbons (Fsp3) is 0.389. The van der Waals surface area contributed by atoms with Crippen LogP contribution in [0, 0.1) is 0 Å². The zero-order chi connectivity index (χ0) is 16.0. The average Bonchev–Trinajstić information content (AvgIpc) is 3.13. The van der Waals surface area contributed by atoms with Gasteiger partial charge in [0.05, 0.1) is 6.26 Å². The number of rotatable bonds is 7. The van der Waals surface area contributed by atoms with Crippen LogP contribution in [-0.4, -0.2) is 23.8 Å². The first kappa shape index (κ1) is 19.2. The molecule has 24 heavy (non-hydrogen) atoms. The molecule has 0 amide bonds. The van der Waals surface area contributed by atoms with Gasteiger partial charge in [-0.2, -0.15) is 0 Å². The molecule has 2 aromatic rings. The number of benzene rings is 1. The van der Waals surface area contributed by atoms with Crippen molar-refractivity contribution in [2.24, 2.45) is 4.99 Å². The van der Waals surface area contributed by atoms with Gasteiger partial charge < -0.3 is 15.1 Å². The summed E-state index contributed by atoms with van der Waals surface area (Å²) in [4.78, 5) is 5.92. The molecule has 6 heteroatoms. The van der Waals surface area contributed by atoms with Gasteiger partial charge in [-0.05, 0) is 44.0 Å². The van der Waals surface area contributed by atoms with Crippen molar-refractivity contribution in [3.05, 3.63) is 54.5 Å². The molecular formula is C18H24IN3OS. The Morgan fingerprint density at radius 3 is 2.58 bits per heavy atom. The van der Waals surface area contributed by atoms with E-state index in [0.717, 1.165) is 24.8 Å². The molecule has 0 unspecified atom stereocenters. The largest absolute Gasteiger partial charge is 0.467 e. The van der Waals surface area contributed by atoms with E-state index in [4.69, 9.17) is 4.42 Å². The van der Waals surface area contributed by atoms with Crippen molar-refractivity contribution < 1.29 is 4.42 Å². The normalized spacial score (nSPS) is 15.5. The second-order valence-corrected chi connectivity index (χ2v) is 7.27. The molecule has 1 aliphatic carbocycles. The minimum atomic E-state index is 0. The van der Waals surface area contributed by atoms with E-state index < -0.39 is 0 Å². The molecule has 0 saturated heterocycles. The Hall–Kier alpha value is -1.15. The summed E-state index contributed by atoms with van der Waals surface area (Å²) in [6, 6.07) is 14.5. The lowest BCUT2D eigenvalue weighted by molar-refractivity contribution is 0.512. The summed E-state index contributed by atoms with van der Waals surface area (Å²) in [5.74, 6) is 1.73. The first-order valence-electron chi connectivity index (χ1n) is 8.08. The van der Waals surface area contributed by atoms with Crippen molar-refractivity contribution in [2.45, 2.75) is 36.0 Å². The summed E-state index contributed by atoms with van der Waals surface area (Å²) in [5.41, 5.74) is 0. The van der Waals surface area contributed by atoms with Crippen LogP contribution in [0.5, 0.6) is 0 Å². The molecule has 0 atom stereocenters. The summed E-state index contributed by atoms with van der Waals surface area (Å²) >= 11 is 1.97. The zero-order valence-corrected chi connectivity index (χ0v) is 17.0. The average molecular weight is 457 g/mol. The molecule has 1 aromatic carbocycles. The molecule has 3 rings (SSSR count). The molecule has 2 N–H and O–H groups in total. The van der Waals surface area contributed by atoms with Gasteiger partial charge in [-0.3, -0.25) is 0 Å². The van der Waals surface area contributed by atoms with Crippen LogP contribution in [0.15, 0.2) is 63.0 Å². The van der Waals surface area contributed by atoms with Crippen LogP contribution in [0.3, 0.4) is 0 Å². The Morgan fingerprint density at radius 1 is 1.17 bits per heavy atom. The van der Waals surface area contributed by atoms with Gasteiger partial charge in [0, 0.05) is 22.7 Å². The lowest BCUT2D eigenvalue weighted by Gasteiger charge is -2.18. The molecule has 1 saturated carbocycles. The molecule has 1 aromatic heterocycles. The van der Waals surface area contributed by atoms with Gasteiger partial charge in [0.1, 0.15) is 12.3 Å². The maximum atomic E-state index is 5.33. The monoisotopic (exact) mass is 457 g/mol. The Labute approximate surface area is 164 Å². The number of halogens is 1. The molecule has 0 spiro atoms. The van der Waals surface area contributed by atoms with E-state index in [0.29, 0.717) is 11.3 Å². The fourth-order valence-corrected chi connectivity index (χ4v) is 3.58. The summed E-state index contributed by atoms with van der Waals surface area (Å²) in [7, 11) is 0. The lowest BCUT2D eigenvalue weighted by Crippen LogP contribution is -2.41. The summed E-state index contributed by atoms with van der Waals surface area (Å²) in [6.45, 7) is 4.41. The number of hydrogen-bond acceptors (Lipinski definition) is 3. The molecule has 0 aliphatic heterocycles. The van der Waals surface area contributed by atoms with Crippen LogP contribution in [0.2, 0.25) is 0 Å². The van der Waals surface area contributed by atoms with Crippen molar-refractivity contribution in [1.82, 2.24) is 10.6 Å². The molecule has 1 aliphatic rings. The molecule has 130 valence electrons. The number of nitrogens with zero attached hydrogens (tertiary/aromatic N) is 1. The summed E-state index contributed by atoms with van der Waals surface area (Å²) in [5, 5.41) is 6.78.